The van der Waals surface area contributed by atoms with Crippen molar-refractivity contribution in [3.63, 3.8) is 0 Å². The van der Waals surface area contributed by atoms with Gasteiger partial charge in [-0.25, -0.2) is 4.39 Å². The van der Waals surface area contributed by atoms with Gasteiger partial charge in [0, 0.05) is 6.07 Å². The Bertz CT molecular complexity index is 723. The Morgan fingerprint density at radius 2 is 1.90 bits per heavy atom. The van der Waals surface area contributed by atoms with Crippen LogP contribution in [0.2, 0.25) is 5.02 Å². The number of anilines is 1. The van der Waals surface area contributed by atoms with Crippen molar-refractivity contribution in [2.75, 3.05) is 5.32 Å². The summed E-state index contributed by atoms with van der Waals surface area (Å²) in [4.78, 5) is 9.97. The molecular formula is C11H3ClFN5O2. The number of rotatable bonds is 3. The van der Waals surface area contributed by atoms with E-state index in [1.165, 1.54) is 18.2 Å². The monoisotopic (exact) mass is 291 g/mol. The quantitative estimate of drug-likeness (QED) is 0.518. The van der Waals surface area contributed by atoms with Crippen LogP contribution in [0.1, 0.15) is 0 Å². The van der Waals surface area contributed by atoms with Gasteiger partial charge in [0.15, 0.2) is 5.57 Å². The normalized spacial score (nSPS) is 8.75. The Kier molecular flexibility index (Phi) is 4.58. The lowest BCUT2D eigenvalue weighted by molar-refractivity contribution is -0.384. The number of hydrogen-bond donors (Lipinski definition) is 1. The van der Waals surface area contributed by atoms with Gasteiger partial charge in [-0.2, -0.15) is 15.8 Å². The molecule has 0 atom stereocenters. The summed E-state index contributed by atoms with van der Waals surface area (Å²) in [6, 6.07) is 5.98. The van der Waals surface area contributed by atoms with Gasteiger partial charge in [0.25, 0.3) is 5.69 Å². The highest BCUT2D eigenvalue weighted by Gasteiger charge is 2.22. The Balaban J connectivity index is 3.50. The van der Waals surface area contributed by atoms with Crippen LogP contribution < -0.4 is 5.32 Å². The van der Waals surface area contributed by atoms with Gasteiger partial charge in [-0.05, 0) is 6.07 Å². The molecule has 9 heteroatoms. The first kappa shape index (κ1) is 14.9. The van der Waals surface area contributed by atoms with Crippen LogP contribution in [-0.2, 0) is 0 Å². The van der Waals surface area contributed by atoms with Crippen LogP contribution in [0.15, 0.2) is 23.4 Å². The summed E-state index contributed by atoms with van der Waals surface area (Å²) >= 11 is 5.59. The molecule has 98 valence electrons. The zero-order chi connectivity index (χ0) is 15.3. The van der Waals surface area contributed by atoms with Crippen LogP contribution >= 0.6 is 11.6 Å². The van der Waals surface area contributed by atoms with Gasteiger partial charge in [0.1, 0.15) is 40.4 Å². The second-order valence-electron chi connectivity index (χ2n) is 3.22. The molecule has 0 radical (unpaired) electrons. The number of nitrogens with zero attached hydrogens (tertiary/aromatic N) is 4. The Morgan fingerprint density at radius 3 is 2.35 bits per heavy atom. The van der Waals surface area contributed by atoms with E-state index in [9.17, 15) is 14.5 Å². The number of allylic oxidation sites excluding steroid dienone is 2. The molecular weight excluding hydrogens is 289 g/mol. The lowest BCUT2D eigenvalue weighted by atomic mass is 10.2. The molecule has 0 fully saturated rings. The Hall–Kier alpha value is -3.15. The number of nitriles is 3. The summed E-state index contributed by atoms with van der Waals surface area (Å²) in [7, 11) is 0. The zero-order valence-electron chi connectivity index (χ0n) is 9.52. The van der Waals surface area contributed by atoms with Gasteiger partial charge >= 0.3 is 0 Å². The van der Waals surface area contributed by atoms with Crippen LogP contribution in [0.5, 0.6) is 0 Å². The molecule has 1 rings (SSSR count). The molecule has 1 N–H and O–H groups in total. The molecule has 0 saturated heterocycles. The third kappa shape index (κ3) is 2.81. The SMILES string of the molecule is N#CC(C#N)=C(C#N)Nc1c([N+](=O)[O-])ccc(F)c1Cl. The lowest BCUT2D eigenvalue weighted by Gasteiger charge is -2.08. The van der Waals surface area contributed by atoms with Crippen molar-refractivity contribution < 1.29 is 9.31 Å². The molecule has 7 nitrogen and oxygen atoms in total. The highest BCUT2D eigenvalue weighted by molar-refractivity contribution is 6.34. The van der Waals surface area contributed by atoms with Gasteiger partial charge in [-0.3, -0.25) is 10.1 Å². The van der Waals surface area contributed by atoms with Crippen molar-refractivity contribution in [1.82, 2.24) is 0 Å². The van der Waals surface area contributed by atoms with E-state index < -0.39 is 38.4 Å². The summed E-state index contributed by atoms with van der Waals surface area (Å²) in [5, 5.41) is 38.5. The van der Waals surface area contributed by atoms with Crippen LogP contribution in [0.25, 0.3) is 0 Å². The van der Waals surface area contributed by atoms with E-state index in [0.29, 0.717) is 0 Å². The molecule has 20 heavy (non-hydrogen) atoms. The molecule has 0 heterocycles. The summed E-state index contributed by atoms with van der Waals surface area (Å²) in [5.74, 6) is -0.951. The van der Waals surface area contributed by atoms with E-state index in [4.69, 9.17) is 27.4 Å². The first-order valence-corrected chi connectivity index (χ1v) is 5.18. The van der Waals surface area contributed by atoms with E-state index in [1.54, 1.807) is 0 Å². The topological polar surface area (TPSA) is 127 Å². The first-order chi connectivity index (χ1) is 9.46. The third-order valence-corrected chi connectivity index (χ3v) is 2.47. The molecule has 0 aliphatic carbocycles. The largest absolute Gasteiger partial charge is 0.338 e. The number of halogens is 2. The minimum atomic E-state index is -0.951. The predicted molar refractivity (Wildman–Crippen MR) is 65.6 cm³/mol. The second-order valence-corrected chi connectivity index (χ2v) is 3.60. The molecule has 1 aromatic rings. The molecule has 0 amide bonds. The minimum absolute atomic E-state index is 0.504. The van der Waals surface area contributed by atoms with Gasteiger partial charge in [-0.1, -0.05) is 11.6 Å². The minimum Gasteiger partial charge on any atom is -0.338 e. The predicted octanol–water partition coefficient (Wildman–Crippen LogP) is 2.62. The Labute approximate surface area is 116 Å². The standard InChI is InChI=1S/C11H3ClFN5O2/c12-10-7(13)1-2-9(18(19)20)11(10)17-8(5-16)6(3-14)4-15/h1-2,17H. The molecule has 0 aromatic heterocycles. The van der Waals surface area contributed by atoms with E-state index in [0.717, 1.165) is 12.1 Å². The van der Waals surface area contributed by atoms with Gasteiger partial charge in [0.2, 0.25) is 0 Å². The number of nitro groups is 1. The maximum Gasteiger partial charge on any atom is 0.294 e. The summed E-state index contributed by atoms with van der Waals surface area (Å²) < 4.78 is 13.3. The average Bonchev–Trinajstić information content (AvgIpc) is 2.43. The molecule has 0 aliphatic rings. The number of benzene rings is 1. The van der Waals surface area contributed by atoms with Crippen molar-refractivity contribution in [2.24, 2.45) is 0 Å². The molecule has 0 saturated carbocycles. The number of nitro benzene ring substituents is 1. The van der Waals surface area contributed by atoms with Crippen LogP contribution in [0, 0.1) is 49.9 Å². The van der Waals surface area contributed by atoms with E-state index >= 15 is 0 Å². The maximum atomic E-state index is 13.3. The average molecular weight is 292 g/mol. The molecule has 0 aliphatic heterocycles. The molecule has 0 spiro atoms. The zero-order valence-corrected chi connectivity index (χ0v) is 10.3. The fraction of sp³-hybridized carbons (Fsp3) is 0. The summed E-state index contributed by atoms with van der Waals surface area (Å²) in [6.45, 7) is 0. The Morgan fingerprint density at radius 1 is 1.30 bits per heavy atom. The molecule has 0 unspecified atom stereocenters. The van der Waals surface area contributed by atoms with E-state index in [1.807, 2.05) is 0 Å². The van der Waals surface area contributed by atoms with Crippen molar-refractivity contribution in [1.29, 1.82) is 15.8 Å². The van der Waals surface area contributed by atoms with E-state index in [-0.39, 0.29) is 0 Å². The lowest BCUT2D eigenvalue weighted by Crippen LogP contribution is -2.05. The highest BCUT2D eigenvalue weighted by atomic mass is 35.5. The molecule has 0 bridgehead atoms. The second kappa shape index (κ2) is 6.14. The van der Waals surface area contributed by atoms with Crippen LogP contribution in [0.4, 0.5) is 15.8 Å². The van der Waals surface area contributed by atoms with Gasteiger partial charge < -0.3 is 5.32 Å². The van der Waals surface area contributed by atoms with Gasteiger partial charge in [-0.15, -0.1) is 0 Å². The van der Waals surface area contributed by atoms with Crippen LogP contribution in [0.3, 0.4) is 0 Å². The van der Waals surface area contributed by atoms with Crippen molar-refractivity contribution in [2.45, 2.75) is 0 Å². The molecule has 1 aromatic carbocycles. The summed E-state index contributed by atoms with van der Waals surface area (Å²) in [5.41, 5.74) is -2.27. The van der Waals surface area contributed by atoms with Crippen molar-refractivity contribution in [3.05, 3.63) is 44.4 Å². The summed E-state index contributed by atoms with van der Waals surface area (Å²) in [6.07, 6.45) is 0. The van der Waals surface area contributed by atoms with Gasteiger partial charge in [0.05, 0.1) is 4.92 Å². The number of hydrogen-bond acceptors (Lipinski definition) is 6. The number of nitrogens with one attached hydrogen (secondary N) is 1. The maximum absolute atomic E-state index is 13.3. The van der Waals surface area contributed by atoms with Crippen LogP contribution in [-0.4, -0.2) is 4.92 Å². The highest BCUT2D eigenvalue weighted by Crippen LogP contribution is 2.35. The van der Waals surface area contributed by atoms with Crippen molar-refractivity contribution in [3.8, 4) is 18.2 Å². The fourth-order valence-electron chi connectivity index (χ4n) is 1.22. The first-order valence-electron chi connectivity index (χ1n) is 4.80. The van der Waals surface area contributed by atoms with E-state index in [2.05, 4.69) is 5.32 Å². The van der Waals surface area contributed by atoms with Crippen molar-refractivity contribution >= 4 is 23.0 Å². The fourth-order valence-corrected chi connectivity index (χ4v) is 1.43. The smallest absolute Gasteiger partial charge is 0.294 e. The third-order valence-electron chi connectivity index (χ3n) is 2.10.